The van der Waals surface area contributed by atoms with Crippen molar-refractivity contribution in [1.82, 2.24) is 10.6 Å². The van der Waals surface area contributed by atoms with Crippen LogP contribution in [0.5, 0.6) is 0 Å². The van der Waals surface area contributed by atoms with Gasteiger partial charge >= 0.3 is 0 Å². The average Bonchev–Trinajstić information content (AvgIpc) is 2.42. The van der Waals surface area contributed by atoms with Gasteiger partial charge in [0, 0.05) is 0 Å². The molecule has 0 spiro atoms. The molecule has 0 aliphatic heterocycles. The summed E-state index contributed by atoms with van der Waals surface area (Å²) in [6.07, 6.45) is 4.99. The second-order valence-electron chi connectivity index (χ2n) is 5.64. The van der Waals surface area contributed by atoms with E-state index < -0.39 is 0 Å². The van der Waals surface area contributed by atoms with E-state index in [0.717, 1.165) is 32.1 Å². The number of rotatable bonds is 11. The third kappa shape index (κ3) is 9.69. The Hall–Kier alpha value is -0.860. The predicted molar refractivity (Wildman–Crippen MR) is 84.6 cm³/mol. The zero-order chi connectivity index (χ0) is 13.8. The molecule has 1 rings (SSSR count). The van der Waals surface area contributed by atoms with Crippen molar-refractivity contribution < 1.29 is 0 Å². The Morgan fingerprint density at radius 1 is 0.842 bits per heavy atom. The summed E-state index contributed by atoms with van der Waals surface area (Å²) in [5.41, 5.74) is 1.46. The van der Waals surface area contributed by atoms with E-state index in [1.807, 2.05) is 0 Å². The Bertz CT molecular complexity index is 295. The molecule has 0 atom stereocenters. The van der Waals surface area contributed by atoms with Crippen molar-refractivity contribution in [1.29, 1.82) is 0 Å². The molecule has 0 radical (unpaired) electrons. The molecule has 108 valence electrons. The Morgan fingerprint density at radius 2 is 1.53 bits per heavy atom. The lowest BCUT2D eigenvalue weighted by atomic mass is 10.1. The van der Waals surface area contributed by atoms with Crippen LogP contribution in [-0.4, -0.2) is 26.2 Å². The standard InChI is InChI=1S/C17H30N2/c1-16(2)15-19-14-8-13-18-12-7-6-11-17-9-4-3-5-10-17/h3-5,9-10,16,18-19H,6-8,11-15H2,1-2H3. The van der Waals surface area contributed by atoms with Gasteiger partial charge in [0.25, 0.3) is 0 Å². The van der Waals surface area contributed by atoms with Crippen LogP contribution in [0.25, 0.3) is 0 Å². The molecule has 0 fully saturated rings. The van der Waals surface area contributed by atoms with Gasteiger partial charge in [0.2, 0.25) is 0 Å². The normalized spacial score (nSPS) is 11.1. The van der Waals surface area contributed by atoms with E-state index in [1.165, 1.54) is 31.2 Å². The maximum absolute atomic E-state index is 3.52. The minimum Gasteiger partial charge on any atom is -0.317 e. The van der Waals surface area contributed by atoms with E-state index in [2.05, 4.69) is 54.8 Å². The molecule has 0 saturated heterocycles. The van der Waals surface area contributed by atoms with Crippen LogP contribution in [0, 0.1) is 5.92 Å². The molecule has 1 aromatic rings. The van der Waals surface area contributed by atoms with Gasteiger partial charge in [-0.25, -0.2) is 0 Å². The highest BCUT2D eigenvalue weighted by Gasteiger charge is 1.94. The fourth-order valence-electron chi connectivity index (χ4n) is 2.08. The number of unbranched alkanes of at least 4 members (excludes halogenated alkanes) is 1. The maximum Gasteiger partial charge on any atom is -0.00258 e. The quantitative estimate of drug-likeness (QED) is 0.598. The highest BCUT2D eigenvalue weighted by Crippen LogP contribution is 2.03. The lowest BCUT2D eigenvalue weighted by Crippen LogP contribution is -2.25. The smallest absolute Gasteiger partial charge is 0.00258 e. The first-order chi connectivity index (χ1) is 9.29. The van der Waals surface area contributed by atoms with Crippen LogP contribution in [0.15, 0.2) is 30.3 Å². The largest absolute Gasteiger partial charge is 0.317 e. The van der Waals surface area contributed by atoms with Crippen LogP contribution in [0.2, 0.25) is 0 Å². The summed E-state index contributed by atoms with van der Waals surface area (Å²) in [7, 11) is 0. The zero-order valence-electron chi connectivity index (χ0n) is 12.6. The second-order valence-corrected chi connectivity index (χ2v) is 5.64. The van der Waals surface area contributed by atoms with Crippen molar-refractivity contribution in [2.45, 2.75) is 39.5 Å². The molecule has 0 aromatic heterocycles. The van der Waals surface area contributed by atoms with Crippen molar-refractivity contribution in [2.75, 3.05) is 26.2 Å². The highest BCUT2D eigenvalue weighted by atomic mass is 14.9. The van der Waals surface area contributed by atoms with E-state index in [0.29, 0.717) is 0 Å². The summed E-state index contributed by atoms with van der Waals surface area (Å²) in [5.74, 6) is 0.756. The first kappa shape index (κ1) is 16.2. The van der Waals surface area contributed by atoms with Crippen LogP contribution in [0.3, 0.4) is 0 Å². The molecule has 0 unspecified atom stereocenters. The van der Waals surface area contributed by atoms with Crippen molar-refractivity contribution in [3.05, 3.63) is 35.9 Å². The van der Waals surface area contributed by atoms with Gasteiger partial charge in [-0.3, -0.25) is 0 Å². The van der Waals surface area contributed by atoms with Gasteiger partial charge in [-0.05, 0) is 63.3 Å². The fourth-order valence-corrected chi connectivity index (χ4v) is 2.08. The van der Waals surface area contributed by atoms with Crippen molar-refractivity contribution in [2.24, 2.45) is 5.92 Å². The topological polar surface area (TPSA) is 24.1 Å². The average molecular weight is 262 g/mol. The molecular formula is C17H30N2. The number of aryl methyl sites for hydroxylation is 1. The molecule has 0 heterocycles. The fraction of sp³-hybridized carbons (Fsp3) is 0.647. The molecule has 2 heteroatoms. The van der Waals surface area contributed by atoms with E-state index >= 15 is 0 Å². The summed E-state index contributed by atoms with van der Waals surface area (Å²) in [4.78, 5) is 0. The van der Waals surface area contributed by atoms with Crippen LogP contribution in [0.1, 0.15) is 38.7 Å². The summed E-state index contributed by atoms with van der Waals surface area (Å²) in [6.45, 7) is 9.05. The van der Waals surface area contributed by atoms with Gasteiger partial charge in [-0.1, -0.05) is 44.2 Å². The summed E-state index contributed by atoms with van der Waals surface area (Å²) >= 11 is 0. The van der Waals surface area contributed by atoms with Crippen LogP contribution in [-0.2, 0) is 6.42 Å². The molecule has 2 N–H and O–H groups in total. The minimum absolute atomic E-state index is 0.756. The predicted octanol–water partition coefficient (Wildman–Crippen LogP) is 3.23. The van der Waals surface area contributed by atoms with E-state index in [1.54, 1.807) is 0 Å². The number of nitrogens with one attached hydrogen (secondary N) is 2. The lowest BCUT2D eigenvalue weighted by Gasteiger charge is -2.08. The van der Waals surface area contributed by atoms with E-state index in [-0.39, 0.29) is 0 Å². The first-order valence-electron chi connectivity index (χ1n) is 7.74. The number of benzene rings is 1. The Morgan fingerprint density at radius 3 is 2.26 bits per heavy atom. The van der Waals surface area contributed by atoms with Gasteiger partial charge in [0.15, 0.2) is 0 Å². The Balaban J connectivity index is 1.81. The van der Waals surface area contributed by atoms with E-state index in [4.69, 9.17) is 0 Å². The van der Waals surface area contributed by atoms with E-state index in [9.17, 15) is 0 Å². The molecule has 0 amide bonds. The number of hydrogen-bond donors (Lipinski definition) is 2. The SMILES string of the molecule is CC(C)CNCCCNCCCCc1ccccc1. The summed E-state index contributed by atoms with van der Waals surface area (Å²) in [6, 6.07) is 10.8. The number of hydrogen-bond acceptors (Lipinski definition) is 2. The van der Waals surface area contributed by atoms with Gasteiger partial charge in [0.1, 0.15) is 0 Å². The minimum atomic E-state index is 0.756. The third-order valence-corrected chi connectivity index (χ3v) is 3.17. The van der Waals surface area contributed by atoms with Gasteiger partial charge < -0.3 is 10.6 Å². The zero-order valence-corrected chi connectivity index (χ0v) is 12.6. The second kappa shape index (κ2) is 11.0. The first-order valence-corrected chi connectivity index (χ1v) is 7.74. The molecule has 0 aliphatic carbocycles. The molecule has 0 aliphatic rings. The summed E-state index contributed by atoms with van der Waals surface area (Å²) < 4.78 is 0. The maximum atomic E-state index is 3.52. The van der Waals surface area contributed by atoms with Crippen LogP contribution >= 0.6 is 0 Å². The highest BCUT2D eigenvalue weighted by molar-refractivity contribution is 5.14. The van der Waals surface area contributed by atoms with Crippen molar-refractivity contribution in [3.8, 4) is 0 Å². The van der Waals surface area contributed by atoms with Gasteiger partial charge in [0.05, 0.1) is 0 Å². The van der Waals surface area contributed by atoms with Crippen molar-refractivity contribution in [3.63, 3.8) is 0 Å². The molecule has 19 heavy (non-hydrogen) atoms. The Kier molecular flexibility index (Phi) is 9.38. The molecule has 0 saturated carbocycles. The Labute approximate surface area is 119 Å². The molecule has 1 aromatic carbocycles. The molecular weight excluding hydrogens is 232 g/mol. The van der Waals surface area contributed by atoms with Gasteiger partial charge in [-0.2, -0.15) is 0 Å². The van der Waals surface area contributed by atoms with Crippen molar-refractivity contribution >= 4 is 0 Å². The monoisotopic (exact) mass is 262 g/mol. The molecule has 0 bridgehead atoms. The third-order valence-electron chi connectivity index (χ3n) is 3.17. The summed E-state index contributed by atoms with van der Waals surface area (Å²) in [5, 5.41) is 6.99. The molecule has 2 nitrogen and oxygen atoms in total. The van der Waals surface area contributed by atoms with Crippen LogP contribution < -0.4 is 10.6 Å². The van der Waals surface area contributed by atoms with Gasteiger partial charge in [-0.15, -0.1) is 0 Å². The lowest BCUT2D eigenvalue weighted by molar-refractivity contribution is 0.526. The van der Waals surface area contributed by atoms with Crippen LogP contribution in [0.4, 0.5) is 0 Å².